The molecule has 0 bridgehead atoms. The van der Waals surface area contributed by atoms with Crippen LogP contribution >= 0.6 is 15.9 Å². The second-order valence-corrected chi connectivity index (χ2v) is 6.34. The predicted molar refractivity (Wildman–Crippen MR) is 77.1 cm³/mol. The van der Waals surface area contributed by atoms with Crippen LogP contribution in [0.1, 0.15) is 20.8 Å². The van der Waals surface area contributed by atoms with Gasteiger partial charge < -0.3 is 15.7 Å². The number of rotatable bonds is 3. The first-order valence-corrected chi connectivity index (χ1v) is 6.76. The zero-order valence-electron chi connectivity index (χ0n) is 11.6. The third kappa shape index (κ3) is 4.66. The maximum Gasteiger partial charge on any atom is 0.326 e. The topological polar surface area (TPSA) is 78.4 Å². The van der Waals surface area contributed by atoms with Gasteiger partial charge in [0.1, 0.15) is 17.7 Å². The Labute approximate surface area is 128 Å². The van der Waals surface area contributed by atoms with Gasteiger partial charge in [-0.2, -0.15) is 0 Å². The monoisotopic (exact) mass is 364 g/mol. The van der Waals surface area contributed by atoms with Crippen LogP contribution in [0, 0.1) is 17.0 Å². The van der Waals surface area contributed by atoms with Crippen molar-refractivity contribution in [2.24, 2.45) is 5.41 Å². The van der Waals surface area contributed by atoms with Gasteiger partial charge in [-0.25, -0.2) is 18.4 Å². The zero-order valence-corrected chi connectivity index (χ0v) is 13.2. The average Bonchev–Trinajstić information content (AvgIpc) is 2.31. The molecule has 0 aliphatic carbocycles. The van der Waals surface area contributed by atoms with E-state index >= 15 is 0 Å². The van der Waals surface area contributed by atoms with Crippen LogP contribution in [0.25, 0.3) is 0 Å². The van der Waals surface area contributed by atoms with Crippen LogP contribution in [0.4, 0.5) is 19.3 Å². The van der Waals surface area contributed by atoms with Crippen LogP contribution in [0.5, 0.6) is 0 Å². The highest BCUT2D eigenvalue weighted by Gasteiger charge is 2.32. The van der Waals surface area contributed by atoms with E-state index in [0.29, 0.717) is 0 Å². The Hall–Kier alpha value is -1.70. The molecule has 5 nitrogen and oxygen atoms in total. The van der Waals surface area contributed by atoms with E-state index < -0.39 is 35.1 Å². The largest absolute Gasteiger partial charge is 0.480 e. The van der Waals surface area contributed by atoms with E-state index in [4.69, 9.17) is 5.11 Å². The van der Waals surface area contributed by atoms with Crippen molar-refractivity contribution < 1.29 is 23.5 Å². The van der Waals surface area contributed by atoms with E-state index in [1.54, 1.807) is 20.8 Å². The lowest BCUT2D eigenvalue weighted by atomic mass is 9.87. The van der Waals surface area contributed by atoms with E-state index in [2.05, 4.69) is 26.6 Å². The molecule has 0 spiro atoms. The summed E-state index contributed by atoms with van der Waals surface area (Å²) in [5.74, 6) is -2.82. The number of hydrogen-bond acceptors (Lipinski definition) is 2. The molecule has 3 N–H and O–H groups in total. The molecule has 0 aliphatic rings. The number of urea groups is 1. The zero-order chi connectivity index (χ0) is 16.4. The van der Waals surface area contributed by atoms with Crippen molar-refractivity contribution in [3.05, 3.63) is 28.2 Å². The highest BCUT2D eigenvalue weighted by Crippen LogP contribution is 2.24. The number of aliphatic carboxylic acids is 1. The molecule has 116 valence electrons. The summed E-state index contributed by atoms with van der Waals surface area (Å²) in [4.78, 5) is 22.9. The molecule has 0 aromatic heterocycles. The first-order chi connectivity index (χ1) is 9.52. The first-order valence-electron chi connectivity index (χ1n) is 5.97. The summed E-state index contributed by atoms with van der Waals surface area (Å²) in [6, 6.07) is -0.450. The first kappa shape index (κ1) is 17.4. The van der Waals surface area contributed by atoms with Gasteiger partial charge in [0.05, 0.1) is 10.2 Å². The fourth-order valence-corrected chi connectivity index (χ4v) is 1.87. The van der Waals surface area contributed by atoms with Crippen LogP contribution in [0.2, 0.25) is 0 Å². The minimum absolute atomic E-state index is 0.0796. The lowest BCUT2D eigenvalue weighted by molar-refractivity contribution is -0.141. The maximum atomic E-state index is 13.6. The summed E-state index contributed by atoms with van der Waals surface area (Å²) >= 11 is 2.81. The lowest BCUT2D eigenvalue weighted by Crippen LogP contribution is -2.50. The molecule has 2 amide bonds. The Balaban J connectivity index is 2.87. The molecule has 1 aromatic carbocycles. The van der Waals surface area contributed by atoms with E-state index in [1.807, 2.05) is 0 Å². The number of carbonyl (C=O) groups excluding carboxylic acids is 1. The third-order valence-electron chi connectivity index (χ3n) is 2.65. The highest BCUT2D eigenvalue weighted by atomic mass is 79.9. The molecule has 0 radical (unpaired) electrons. The molecule has 21 heavy (non-hydrogen) atoms. The normalized spacial score (nSPS) is 12.7. The van der Waals surface area contributed by atoms with E-state index in [-0.39, 0.29) is 10.2 Å². The van der Waals surface area contributed by atoms with E-state index in [1.165, 1.54) is 0 Å². The van der Waals surface area contributed by atoms with E-state index in [9.17, 15) is 18.4 Å². The van der Waals surface area contributed by atoms with Gasteiger partial charge in [0.25, 0.3) is 0 Å². The number of hydrogen-bond donors (Lipinski definition) is 3. The van der Waals surface area contributed by atoms with Crippen molar-refractivity contribution in [1.82, 2.24) is 5.32 Å². The second kappa shape index (κ2) is 6.38. The summed E-state index contributed by atoms with van der Waals surface area (Å²) in [7, 11) is 0. The van der Waals surface area contributed by atoms with Gasteiger partial charge >= 0.3 is 12.0 Å². The van der Waals surface area contributed by atoms with Gasteiger partial charge in [0.15, 0.2) is 0 Å². The molecule has 0 saturated carbocycles. The van der Waals surface area contributed by atoms with Gasteiger partial charge in [0, 0.05) is 6.07 Å². The van der Waals surface area contributed by atoms with Crippen LogP contribution in [-0.4, -0.2) is 23.1 Å². The molecular weight excluding hydrogens is 350 g/mol. The molecule has 1 rings (SSSR count). The van der Waals surface area contributed by atoms with Crippen molar-refractivity contribution in [3.8, 4) is 0 Å². The lowest BCUT2D eigenvalue weighted by Gasteiger charge is -2.27. The second-order valence-electron chi connectivity index (χ2n) is 5.48. The summed E-state index contributed by atoms with van der Waals surface area (Å²) < 4.78 is 26.8. The van der Waals surface area contributed by atoms with Crippen molar-refractivity contribution >= 4 is 33.6 Å². The standard InChI is InChI=1S/C13H15BrF2N2O3/c1-13(2,3)10(11(19)20)18-12(21)17-9-5-7(15)6(14)4-8(9)16/h4-5,10H,1-3H3,(H,19,20)(H2,17,18,21). The van der Waals surface area contributed by atoms with Gasteiger partial charge in [-0.15, -0.1) is 0 Å². The molecule has 1 unspecified atom stereocenters. The number of benzene rings is 1. The minimum atomic E-state index is -1.22. The number of carboxylic acids is 1. The number of anilines is 1. The van der Waals surface area contributed by atoms with Crippen molar-refractivity contribution in [2.45, 2.75) is 26.8 Å². The number of amides is 2. The summed E-state index contributed by atoms with van der Waals surface area (Å²) in [5.41, 5.74) is -1.13. The Morgan fingerprint density at radius 3 is 2.29 bits per heavy atom. The Morgan fingerprint density at radius 1 is 1.24 bits per heavy atom. The maximum absolute atomic E-state index is 13.6. The Morgan fingerprint density at radius 2 is 1.81 bits per heavy atom. The smallest absolute Gasteiger partial charge is 0.326 e. The fraction of sp³-hybridized carbons (Fsp3) is 0.385. The SMILES string of the molecule is CC(C)(C)C(NC(=O)Nc1cc(F)c(Br)cc1F)C(=O)O. The summed E-state index contributed by atoms with van der Waals surface area (Å²) in [6.45, 7) is 4.89. The van der Waals surface area contributed by atoms with Gasteiger partial charge in [-0.3, -0.25) is 0 Å². The fourth-order valence-electron chi connectivity index (χ4n) is 1.56. The molecule has 0 heterocycles. The van der Waals surface area contributed by atoms with Gasteiger partial charge in [0.2, 0.25) is 0 Å². The quantitative estimate of drug-likeness (QED) is 0.719. The van der Waals surface area contributed by atoms with Gasteiger partial charge in [-0.05, 0) is 27.4 Å². The highest BCUT2D eigenvalue weighted by molar-refractivity contribution is 9.10. The van der Waals surface area contributed by atoms with Crippen molar-refractivity contribution in [1.29, 1.82) is 0 Å². The number of halogens is 3. The molecule has 0 saturated heterocycles. The van der Waals surface area contributed by atoms with Crippen LogP contribution in [-0.2, 0) is 4.79 Å². The Kier molecular flexibility index (Phi) is 5.27. The average molecular weight is 365 g/mol. The van der Waals surface area contributed by atoms with Crippen molar-refractivity contribution in [3.63, 3.8) is 0 Å². The molecule has 1 aromatic rings. The predicted octanol–water partition coefficient (Wildman–Crippen LogP) is 3.35. The molecule has 8 heteroatoms. The molecular formula is C13H15BrF2N2O3. The van der Waals surface area contributed by atoms with Gasteiger partial charge in [-0.1, -0.05) is 20.8 Å². The third-order valence-corrected chi connectivity index (χ3v) is 3.25. The Bertz CT molecular complexity index is 573. The minimum Gasteiger partial charge on any atom is -0.480 e. The number of carboxylic acid groups (broad SMARTS) is 1. The summed E-state index contributed by atoms with van der Waals surface area (Å²) in [6.07, 6.45) is 0. The van der Waals surface area contributed by atoms with Crippen LogP contribution < -0.4 is 10.6 Å². The van der Waals surface area contributed by atoms with E-state index in [0.717, 1.165) is 12.1 Å². The van der Waals surface area contributed by atoms with Crippen LogP contribution in [0.3, 0.4) is 0 Å². The molecule has 1 atom stereocenters. The molecule has 0 fully saturated rings. The van der Waals surface area contributed by atoms with Crippen molar-refractivity contribution in [2.75, 3.05) is 5.32 Å². The number of carbonyl (C=O) groups is 2. The van der Waals surface area contributed by atoms with Crippen LogP contribution in [0.15, 0.2) is 16.6 Å². The summed E-state index contributed by atoms with van der Waals surface area (Å²) in [5, 5.41) is 13.4. The number of nitrogens with one attached hydrogen (secondary N) is 2. The molecule has 0 aliphatic heterocycles.